The third-order valence-electron chi connectivity index (χ3n) is 5.71. The average Bonchev–Trinajstić information content (AvgIpc) is 3.36. The van der Waals surface area contributed by atoms with Crippen LogP contribution in [0, 0.1) is 0 Å². The highest BCUT2D eigenvalue weighted by Gasteiger charge is 2.48. The van der Waals surface area contributed by atoms with Gasteiger partial charge in [0.25, 0.3) is 0 Å². The van der Waals surface area contributed by atoms with E-state index >= 15 is 0 Å². The number of ether oxygens (including phenoxy) is 1. The lowest BCUT2D eigenvalue weighted by Crippen LogP contribution is -2.64. The molecule has 1 aromatic carbocycles. The molecule has 8 heteroatoms. The zero-order valence-electron chi connectivity index (χ0n) is 16.1. The van der Waals surface area contributed by atoms with E-state index in [1.165, 1.54) is 0 Å². The van der Waals surface area contributed by atoms with Gasteiger partial charge in [-0.3, -0.25) is 9.69 Å². The van der Waals surface area contributed by atoms with Gasteiger partial charge in [0.05, 0.1) is 24.9 Å². The number of urea groups is 1. The van der Waals surface area contributed by atoms with E-state index in [1.807, 2.05) is 57.9 Å². The summed E-state index contributed by atoms with van der Waals surface area (Å²) in [5.74, 6) is 0.854. The van der Waals surface area contributed by atoms with Gasteiger partial charge in [-0.05, 0) is 49.2 Å². The molecule has 3 amide bonds. The van der Waals surface area contributed by atoms with E-state index in [9.17, 15) is 9.59 Å². The first-order valence-electron chi connectivity index (χ1n) is 9.24. The highest BCUT2D eigenvalue weighted by Crippen LogP contribution is 2.34. The molecule has 0 radical (unpaired) electrons. The number of anilines is 2. The Morgan fingerprint density at radius 3 is 2.68 bits per heavy atom. The lowest BCUT2D eigenvalue weighted by atomic mass is 9.93. The topological polar surface area (TPSA) is 65.1 Å². The Bertz CT molecular complexity index is 855. The number of nitrogens with one attached hydrogen (secondary N) is 1. The Kier molecular flexibility index (Phi) is 4.99. The van der Waals surface area contributed by atoms with E-state index in [0.717, 1.165) is 23.5 Å². The van der Waals surface area contributed by atoms with Gasteiger partial charge >= 0.3 is 6.03 Å². The molecule has 2 saturated heterocycles. The molecule has 3 heterocycles. The summed E-state index contributed by atoms with van der Waals surface area (Å²) in [5, 5.41) is 6.94. The molecule has 28 heavy (non-hydrogen) atoms. The maximum Gasteiger partial charge on any atom is 0.321 e. The molecule has 2 aliphatic heterocycles. The summed E-state index contributed by atoms with van der Waals surface area (Å²) < 4.78 is 5.15. The van der Waals surface area contributed by atoms with Crippen LogP contribution in [0.1, 0.15) is 6.42 Å². The number of likely N-dealkylation sites (N-methyl/N-ethyl adjacent to an activating group) is 1. The van der Waals surface area contributed by atoms with Crippen molar-refractivity contribution in [3.05, 3.63) is 41.1 Å². The zero-order chi connectivity index (χ0) is 19.7. The first-order valence-corrected chi connectivity index (χ1v) is 10.2. The monoisotopic (exact) mass is 400 g/mol. The summed E-state index contributed by atoms with van der Waals surface area (Å²) in [4.78, 5) is 31.1. The summed E-state index contributed by atoms with van der Waals surface area (Å²) in [6.07, 6.45) is 0.841. The van der Waals surface area contributed by atoms with Gasteiger partial charge in [-0.15, -0.1) is 0 Å². The second-order valence-electron chi connectivity index (χ2n) is 7.37. The number of thiophene rings is 1. The van der Waals surface area contributed by atoms with Crippen LogP contribution in [0.4, 0.5) is 16.2 Å². The Balaban J connectivity index is 1.45. The summed E-state index contributed by atoms with van der Waals surface area (Å²) in [5.41, 5.74) is 1.47. The van der Waals surface area contributed by atoms with Crippen molar-refractivity contribution in [2.75, 3.05) is 50.6 Å². The second-order valence-corrected chi connectivity index (χ2v) is 8.15. The predicted molar refractivity (Wildman–Crippen MR) is 110 cm³/mol. The van der Waals surface area contributed by atoms with E-state index in [-0.39, 0.29) is 17.5 Å². The molecular formula is C20H24N4O3S. The fourth-order valence-electron chi connectivity index (χ4n) is 3.95. The van der Waals surface area contributed by atoms with Crippen molar-refractivity contribution in [2.45, 2.75) is 12.0 Å². The summed E-state index contributed by atoms with van der Waals surface area (Å²) in [7, 11) is 3.59. The van der Waals surface area contributed by atoms with Crippen molar-refractivity contribution < 1.29 is 14.3 Å². The smallest absolute Gasteiger partial charge is 0.321 e. The minimum atomic E-state index is -0.215. The van der Waals surface area contributed by atoms with E-state index in [4.69, 9.17) is 4.74 Å². The number of carbonyl (C=O) groups is 2. The van der Waals surface area contributed by atoms with Crippen LogP contribution in [0.2, 0.25) is 0 Å². The minimum absolute atomic E-state index is 0.104. The van der Waals surface area contributed by atoms with Crippen molar-refractivity contribution in [3.8, 4) is 5.75 Å². The van der Waals surface area contributed by atoms with Crippen LogP contribution in [-0.4, -0.2) is 67.6 Å². The number of hydrogen-bond donors (Lipinski definition) is 1. The molecule has 0 aliphatic carbocycles. The third kappa shape index (κ3) is 3.45. The van der Waals surface area contributed by atoms with Gasteiger partial charge in [-0.2, -0.15) is 11.3 Å². The Labute approximate surface area is 168 Å². The van der Waals surface area contributed by atoms with Crippen molar-refractivity contribution in [1.29, 1.82) is 0 Å². The van der Waals surface area contributed by atoms with E-state index in [0.29, 0.717) is 26.2 Å². The van der Waals surface area contributed by atoms with Crippen LogP contribution in [0.5, 0.6) is 5.75 Å². The predicted octanol–water partition coefficient (Wildman–Crippen LogP) is 2.71. The van der Waals surface area contributed by atoms with Crippen LogP contribution in [0.3, 0.4) is 0 Å². The minimum Gasteiger partial charge on any atom is -0.497 e. The maximum atomic E-state index is 12.8. The Hall–Kier alpha value is -2.58. The van der Waals surface area contributed by atoms with E-state index in [2.05, 4.69) is 10.2 Å². The number of rotatable bonds is 3. The maximum absolute atomic E-state index is 12.8. The highest BCUT2D eigenvalue weighted by atomic mass is 32.1. The zero-order valence-corrected chi connectivity index (χ0v) is 16.9. The largest absolute Gasteiger partial charge is 0.497 e. The molecular weight excluding hydrogens is 376 g/mol. The molecule has 1 spiro atoms. The van der Waals surface area contributed by atoms with Crippen molar-refractivity contribution in [3.63, 3.8) is 0 Å². The lowest BCUT2D eigenvalue weighted by Gasteiger charge is -2.46. The van der Waals surface area contributed by atoms with Gasteiger partial charge < -0.3 is 19.9 Å². The SMILES string of the molecule is COc1ccc(NC(=O)N2CC[C@@]3(C2)CN(c2ccsc2)C(=O)CN3C)cc1. The molecule has 2 aliphatic rings. The first kappa shape index (κ1) is 18.8. The number of amides is 3. The van der Waals surface area contributed by atoms with Gasteiger partial charge in [-0.25, -0.2) is 4.79 Å². The lowest BCUT2D eigenvalue weighted by molar-refractivity contribution is -0.123. The fourth-order valence-corrected chi connectivity index (χ4v) is 4.59. The van der Waals surface area contributed by atoms with Crippen LogP contribution in [0.15, 0.2) is 41.1 Å². The molecule has 0 saturated carbocycles. The number of likely N-dealkylation sites (tertiary alicyclic amines) is 1. The molecule has 0 bridgehead atoms. The quantitative estimate of drug-likeness (QED) is 0.860. The molecule has 2 fully saturated rings. The Morgan fingerprint density at radius 1 is 1.21 bits per heavy atom. The molecule has 7 nitrogen and oxygen atoms in total. The number of hydrogen-bond acceptors (Lipinski definition) is 5. The summed E-state index contributed by atoms with van der Waals surface area (Å²) >= 11 is 1.59. The number of piperazine rings is 1. The number of benzene rings is 1. The molecule has 4 rings (SSSR count). The van der Waals surface area contributed by atoms with Crippen LogP contribution in [-0.2, 0) is 4.79 Å². The summed E-state index contributed by atoms with van der Waals surface area (Å²) in [6, 6.07) is 9.15. The van der Waals surface area contributed by atoms with Crippen LogP contribution < -0.4 is 15.0 Å². The fraction of sp³-hybridized carbons (Fsp3) is 0.400. The highest BCUT2D eigenvalue weighted by molar-refractivity contribution is 7.08. The number of nitrogens with zero attached hydrogens (tertiary/aromatic N) is 3. The second kappa shape index (κ2) is 7.44. The normalized spacial score (nSPS) is 22.7. The van der Waals surface area contributed by atoms with Crippen molar-refractivity contribution in [2.24, 2.45) is 0 Å². The number of methoxy groups -OCH3 is 1. The Morgan fingerprint density at radius 2 is 2.00 bits per heavy atom. The first-order chi connectivity index (χ1) is 13.5. The van der Waals surface area contributed by atoms with E-state index < -0.39 is 0 Å². The standard InChI is InChI=1S/C20H24N4O3S/c1-22-11-18(25)24(16-7-10-28-12-16)14-20(22)8-9-23(13-20)19(26)21-15-3-5-17(27-2)6-4-15/h3-7,10,12H,8-9,11,13-14H2,1-2H3,(H,21,26)/t20-/m1/s1. The third-order valence-corrected chi connectivity index (χ3v) is 6.39. The van der Waals surface area contributed by atoms with Gasteiger partial charge in [0.2, 0.25) is 5.91 Å². The van der Waals surface area contributed by atoms with Gasteiger partial charge in [-0.1, -0.05) is 0 Å². The molecule has 0 unspecified atom stereocenters. The van der Waals surface area contributed by atoms with Gasteiger partial charge in [0.15, 0.2) is 0 Å². The van der Waals surface area contributed by atoms with Gasteiger partial charge in [0, 0.05) is 30.7 Å². The number of carbonyl (C=O) groups excluding carboxylic acids is 2. The summed E-state index contributed by atoms with van der Waals surface area (Å²) in [6.45, 7) is 2.23. The van der Waals surface area contributed by atoms with Crippen LogP contribution >= 0.6 is 11.3 Å². The van der Waals surface area contributed by atoms with Gasteiger partial charge in [0.1, 0.15) is 5.75 Å². The van der Waals surface area contributed by atoms with Crippen LogP contribution in [0.25, 0.3) is 0 Å². The molecule has 148 valence electrons. The van der Waals surface area contributed by atoms with E-state index in [1.54, 1.807) is 18.4 Å². The molecule has 1 atom stereocenters. The molecule has 2 aromatic rings. The van der Waals surface area contributed by atoms with Crippen molar-refractivity contribution >= 4 is 34.6 Å². The van der Waals surface area contributed by atoms with Crippen molar-refractivity contribution in [1.82, 2.24) is 9.80 Å². The molecule has 1 N–H and O–H groups in total. The molecule has 1 aromatic heterocycles. The average molecular weight is 401 g/mol.